The van der Waals surface area contributed by atoms with E-state index in [9.17, 15) is 0 Å². The van der Waals surface area contributed by atoms with Gasteiger partial charge in [-0.15, -0.1) is 11.3 Å². The van der Waals surface area contributed by atoms with E-state index in [4.69, 9.17) is 12.2 Å². The number of aromatic nitrogens is 1. The summed E-state index contributed by atoms with van der Waals surface area (Å²) in [6.07, 6.45) is 2.24. The van der Waals surface area contributed by atoms with Crippen LogP contribution in [0.5, 0.6) is 0 Å². The summed E-state index contributed by atoms with van der Waals surface area (Å²) in [4.78, 5) is 5.44. The lowest BCUT2D eigenvalue weighted by atomic mass is 10.2. The molecule has 1 aromatic rings. The normalized spacial score (nSPS) is 18.2. The fourth-order valence-corrected chi connectivity index (χ4v) is 2.18. The Morgan fingerprint density at radius 1 is 1.67 bits per heavy atom. The summed E-state index contributed by atoms with van der Waals surface area (Å²) in [7, 11) is 2.12. The van der Waals surface area contributed by atoms with Gasteiger partial charge in [0.25, 0.3) is 0 Å². The highest BCUT2D eigenvalue weighted by Gasteiger charge is 2.11. The molecule has 1 aliphatic heterocycles. The molecule has 0 atom stereocenters. The minimum Gasteiger partial charge on any atom is -0.337 e. The van der Waals surface area contributed by atoms with Gasteiger partial charge in [-0.05, 0) is 24.8 Å². The monoisotopic (exact) mass is 198 g/mol. The van der Waals surface area contributed by atoms with Crippen molar-refractivity contribution in [3.63, 3.8) is 0 Å². The first-order chi connectivity index (χ1) is 5.75. The largest absolute Gasteiger partial charge is 0.337 e. The molecule has 1 aromatic heterocycles. The van der Waals surface area contributed by atoms with Crippen LogP contribution in [0.1, 0.15) is 5.69 Å². The van der Waals surface area contributed by atoms with Crippen molar-refractivity contribution in [2.24, 2.45) is 0 Å². The third-order valence-electron chi connectivity index (χ3n) is 1.96. The first-order valence-electron chi connectivity index (χ1n) is 3.81. The molecule has 0 fully saturated rings. The third-order valence-corrected chi connectivity index (χ3v) is 3.02. The molecule has 0 saturated heterocycles. The minimum absolute atomic E-state index is 0.862. The van der Waals surface area contributed by atoms with Crippen LogP contribution in [0.25, 0.3) is 5.57 Å². The van der Waals surface area contributed by atoms with Crippen molar-refractivity contribution in [2.75, 3.05) is 20.1 Å². The van der Waals surface area contributed by atoms with E-state index in [2.05, 4.69) is 28.4 Å². The maximum Gasteiger partial charge on any atom is 0.158 e. The molecule has 0 aliphatic carbocycles. The summed E-state index contributed by atoms with van der Waals surface area (Å²) in [6.45, 7) is 2.08. The van der Waals surface area contributed by atoms with Gasteiger partial charge in [0.05, 0.1) is 5.69 Å². The Bertz CT molecular complexity index is 361. The number of aromatic amines is 1. The number of nitrogens with zero attached hydrogens (tertiary/aromatic N) is 1. The summed E-state index contributed by atoms with van der Waals surface area (Å²) >= 11 is 6.61. The molecule has 2 rings (SSSR count). The van der Waals surface area contributed by atoms with E-state index in [0.717, 1.165) is 17.0 Å². The second kappa shape index (κ2) is 3.12. The van der Waals surface area contributed by atoms with E-state index in [1.807, 2.05) is 0 Å². The van der Waals surface area contributed by atoms with Crippen molar-refractivity contribution in [3.05, 3.63) is 21.1 Å². The second-order valence-corrected chi connectivity index (χ2v) is 4.53. The molecule has 64 valence electrons. The Labute approximate surface area is 80.5 Å². The van der Waals surface area contributed by atoms with Gasteiger partial charge in [0.15, 0.2) is 3.95 Å². The van der Waals surface area contributed by atoms with Gasteiger partial charge in [0, 0.05) is 18.5 Å². The molecule has 0 saturated carbocycles. The summed E-state index contributed by atoms with van der Waals surface area (Å²) in [5.41, 5.74) is 2.55. The summed E-state index contributed by atoms with van der Waals surface area (Å²) in [5.74, 6) is 0. The van der Waals surface area contributed by atoms with Crippen LogP contribution in [0.3, 0.4) is 0 Å². The molecular weight excluding hydrogens is 188 g/mol. The smallest absolute Gasteiger partial charge is 0.158 e. The van der Waals surface area contributed by atoms with Crippen LogP contribution in [-0.4, -0.2) is 30.0 Å². The standard InChI is InChI=1S/C8H10N2S2/c1-10-3-2-6(4-10)7-5-12-8(11)9-7/h2,5H,3-4H2,1H3,(H,9,11). The van der Waals surface area contributed by atoms with Crippen molar-refractivity contribution in [1.82, 2.24) is 9.88 Å². The van der Waals surface area contributed by atoms with Crippen LogP contribution in [-0.2, 0) is 0 Å². The SMILES string of the molecule is CN1CC=C(c2csc(=S)[nH]2)C1. The lowest BCUT2D eigenvalue weighted by molar-refractivity contribution is 0.438. The van der Waals surface area contributed by atoms with Gasteiger partial charge < -0.3 is 4.98 Å². The number of hydrogen-bond donors (Lipinski definition) is 1. The van der Waals surface area contributed by atoms with Crippen LogP contribution < -0.4 is 0 Å². The summed E-state index contributed by atoms with van der Waals surface area (Å²) in [5, 5.41) is 2.09. The van der Waals surface area contributed by atoms with E-state index in [-0.39, 0.29) is 0 Å². The topological polar surface area (TPSA) is 19.0 Å². The summed E-state index contributed by atoms with van der Waals surface area (Å²) in [6, 6.07) is 0. The third kappa shape index (κ3) is 1.50. The maximum atomic E-state index is 5.02. The number of rotatable bonds is 1. The Hall–Kier alpha value is -0.450. The van der Waals surface area contributed by atoms with Crippen LogP contribution >= 0.6 is 23.6 Å². The van der Waals surface area contributed by atoms with Crippen molar-refractivity contribution >= 4 is 29.1 Å². The molecule has 0 amide bonds. The van der Waals surface area contributed by atoms with E-state index >= 15 is 0 Å². The minimum atomic E-state index is 0.862. The Morgan fingerprint density at radius 2 is 2.50 bits per heavy atom. The van der Waals surface area contributed by atoms with Crippen LogP contribution in [0, 0.1) is 3.95 Å². The Morgan fingerprint density at radius 3 is 3.00 bits per heavy atom. The van der Waals surface area contributed by atoms with E-state index in [0.29, 0.717) is 0 Å². The van der Waals surface area contributed by atoms with Crippen LogP contribution in [0.2, 0.25) is 0 Å². The fourth-order valence-electron chi connectivity index (χ4n) is 1.32. The van der Waals surface area contributed by atoms with Gasteiger partial charge in [0.1, 0.15) is 0 Å². The molecule has 4 heteroatoms. The maximum absolute atomic E-state index is 5.02. The first kappa shape index (κ1) is 8.16. The molecule has 1 aliphatic rings. The number of H-pyrrole nitrogens is 1. The molecule has 0 unspecified atom stereocenters. The number of thiazole rings is 1. The molecule has 0 radical (unpaired) electrons. The molecule has 2 nitrogen and oxygen atoms in total. The average molecular weight is 198 g/mol. The molecular formula is C8H10N2S2. The van der Waals surface area contributed by atoms with Crippen molar-refractivity contribution in [2.45, 2.75) is 0 Å². The highest BCUT2D eigenvalue weighted by molar-refractivity contribution is 7.73. The lowest BCUT2D eigenvalue weighted by Gasteiger charge is -2.05. The van der Waals surface area contributed by atoms with E-state index < -0.39 is 0 Å². The van der Waals surface area contributed by atoms with Gasteiger partial charge >= 0.3 is 0 Å². The molecule has 0 spiro atoms. The van der Waals surface area contributed by atoms with Gasteiger partial charge in [-0.1, -0.05) is 6.08 Å². The number of hydrogen-bond acceptors (Lipinski definition) is 3. The van der Waals surface area contributed by atoms with Crippen molar-refractivity contribution < 1.29 is 0 Å². The number of nitrogens with one attached hydrogen (secondary N) is 1. The number of likely N-dealkylation sites (N-methyl/N-ethyl adjacent to an activating group) is 1. The highest BCUT2D eigenvalue weighted by Crippen LogP contribution is 2.20. The zero-order chi connectivity index (χ0) is 8.55. The zero-order valence-electron chi connectivity index (χ0n) is 6.83. The highest BCUT2D eigenvalue weighted by atomic mass is 32.1. The van der Waals surface area contributed by atoms with Crippen molar-refractivity contribution in [3.8, 4) is 0 Å². The van der Waals surface area contributed by atoms with Gasteiger partial charge in [-0.25, -0.2) is 0 Å². The summed E-state index contributed by atoms with van der Waals surface area (Å²) < 4.78 is 0.862. The van der Waals surface area contributed by atoms with E-state index in [1.54, 1.807) is 11.3 Å². The Balaban J connectivity index is 2.27. The molecule has 2 heterocycles. The fraction of sp³-hybridized carbons (Fsp3) is 0.375. The quantitative estimate of drug-likeness (QED) is 0.697. The van der Waals surface area contributed by atoms with Gasteiger partial charge in [-0.3, -0.25) is 4.90 Å². The second-order valence-electron chi connectivity index (χ2n) is 2.99. The molecule has 1 N–H and O–H groups in total. The molecule has 12 heavy (non-hydrogen) atoms. The zero-order valence-corrected chi connectivity index (χ0v) is 8.47. The van der Waals surface area contributed by atoms with Crippen molar-refractivity contribution in [1.29, 1.82) is 0 Å². The van der Waals surface area contributed by atoms with E-state index in [1.165, 1.54) is 11.3 Å². The Kier molecular flexibility index (Phi) is 2.12. The lowest BCUT2D eigenvalue weighted by Crippen LogP contribution is -2.13. The van der Waals surface area contributed by atoms with Gasteiger partial charge in [0.2, 0.25) is 0 Å². The first-order valence-corrected chi connectivity index (χ1v) is 5.10. The van der Waals surface area contributed by atoms with Crippen LogP contribution in [0.15, 0.2) is 11.5 Å². The average Bonchev–Trinajstić information content (AvgIpc) is 2.58. The molecule has 0 aromatic carbocycles. The predicted molar refractivity (Wildman–Crippen MR) is 55.0 cm³/mol. The molecule has 0 bridgehead atoms. The predicted octanol–water partition coefficient (Wildman–Crippen LogP) is 2.13. The van der Waals surface area contributed by atoms with Gasteiger partial charge in [-0.2, -0.15) is 0 Å². The van der Waals surface area contributed by atoms with Crippen LogP contribution in [0.4, 0.5) is 0 Å².